The van der Waals surface area contributed by atoms with Gasteiger partial charge in [0, 0.05) is 44.5 Å². The number of nitrogens with one attached hydrogen (secondary N) is 1. The van der Waals surface area contributed by atoms with E-state index in [1.165, 1.54) is 0 Å². The van der Waals surface area contributed by atoms with Crippen molar-refractivity contribution in [3.05, 3.63) is 0 Å². The first-order chi connectivity index (χ1) is 11.3. The summed E-state index contributed by atoms with van der Waals surface area (Å²) in [5.41, 5.74) is 5.12. The zero-order valence-electron chi connectivity index (χ0n) is 15.4. The number of hydrogen-bond donors (Lipinski definition) is 2. The molecule has 2 atom stereocenters. The lowest BCUT2D eigenvalue weighted by molar-refractivity contribution is -0.170. The highest BCUT2D eigenvalue weighted by atomic mass is 16.5. The molecule has 0 radical (unpaired) electrons. The minimum absolute atomic E-state index is 0.0352. The molecule has 1 saturated heterocycles. The van der Waals surface area contributed by atoms with E-state index in [1.54, 1.807) is 0 Å². The molecule has 1 heterocycles. The van der Waals surface area contributed by atoms with E-state index in [2.05, 4.69) is 5.32 Å². The van der Waals surface area contributed by atoms with Gasteiger partial charge in [0.05, 0.1) is 6.10 Å². The van der Waals surface area contributed by atoms with Crippen molar-refractivity contribution in [1.82, 2.24) is 10.2 Å². The SMILES string of the molecule is CCOC1CC(N)(C(=O)NCCCN2CCCCCC2=O)C1(C)C. The summed E-state index contributed by atoms with van der Waals surface area (Å²) in [5.74, 6) is 0.138. The van der Waals surface area contributed by atoms with Crippen molar-refractivity contribution in [1.29, 1.82) is 0 Å². The number of likely N-dealkylation sites (tertiary alicyclic amines) is 1. The van der Waals surface area contributed by atoms with Gasteiger partial charge in [-0.1, -0.05) is 20.3 Å². The summed E-state index contributed by atoms with van der Waals surface area (Å²) in [4.78, 5) is 26.4. The summed E-state index contributed by atoms with van der Waals surface area (Å²) in [7, 11) is 0. The minimum atomic E-state index is -0.870. The largest absolute Gasteiger partial charge is 0.378 e. The van der Waals surface area contributed by atoms with E-state index >= 15 is 0 Å². The van der Waals surface area contributed by atoms with Gasteiger partial charge in [0.1, 0.15) is 5.54 Å². The van der Waals surface area contributed by atoms with Crippen molar-refractivity contribution >= 4 is 11.8 Å². The zero-order valence-corrected chi connectivity index (χ0v) is 15.4. The number of nitrogens with zero attached hydrogens (tertiary/aromatic N) is 1. The van der Waals surface area contributed by atoms with Crippen molar-refractivity contribution in [2.24, 2.45) is 11.1 Å². The fourth-order valence-corrected chi connectivity index (χ4v) is 3.73. The molecule has 1 aliphatic carbocycles. The Morgan fingerprint density at radius 1 is 1.38 bits per heavy atom. The highest BCUT2D eigenvalue weighted by molar-refractivity contribution is 5.88. The number of amides is 2. The fourth-order valence-electron chi connectivity index (χ4n) is 3.73. The summed E-state index contributed by atoms with van der Waals surface area (Å²) < 4.78 is 5.66. The Hall–Kier alpha value is -1.14. The van der Waals surface area contributed by atoms with Gasteiger partial charge in [0.25, 0.3) is 0 Å². The second-order valence-electron chi connectivity index (χ2n) is 7.64. The van der Waals surface area contributed by atoms with Gasteiger partial charge >= 0.3 is 0 Å². The van der Waals surface area contributed by atoms with Crippen molar-refractivity contribution in [3.63, 3.8) is 0 Å². The predicted octanol–water partition coefficient (Wildman–Crippen LogP) is 1.43. The van der Waals surface area contributed by atoms with E-state index in [-0.39, 0.29) is 23.3 Å². The molecule has 138 valence electrons. The third-order valence-corrected chi connectivity index (χ3v) is 5.80. The smallest absolute Gasteiger partial charge is 0.240 e. The minimum Gasteiger partial charge on any atom is -0.378 e. The Balaban J connectivity index is 1.74. The highest BCUT2D eigenvalue weighted by Gasteiger charge is 2.62. The Kier molecular flexibility index (Phi) is 6.26. The molecule has 0 bridgehead atoms. The lowest BCUT2D eigenvalue weighted by Crippen LogP contribution is -2.75. The van der Waals surface area contributed by atoms with Crippen LogP contribution in [-0.4, -0.2) is 54.6 Å². The number of ether oxygens (including phenoxy) is 1. The normalized spacial score (nSPS) is 29.8. The van der Waals surface area contributed by atoms with Crippen LogP contribution in [0.25, 0.3) is 0 Å². The standard InChI is InChI=1S/C18H33N3O3/c1-4-24-14-13-18(19,17(14,2)3)16(23)20-10-8-12-21-11-7-5-6-9-15(21)22/h14H,4-13,19H2,1-3H3,(H,20,23). The molecule has 24 heavy (non-hydrogen) atoms. The second-order valence-corrected chi connectivity index (χ2v) is 7.64. The molecule has 2 amide bonds. The maximum Gasteiger partial charge on any atom is 0.240 e. The van der Waals surface area contributed by atoms with Crippen LogP contribution in [0.4, 0.5) is 0 Å². The quantitative estimate of drug-likeness (QED) is 0.687. The van der Waals surface area contributed by atoms with Crippen LogP contribution >= 0.6 is 0 Å². The van der Waals surface area contributed by atoms with Crippen LogP contribution in [0.15, 0.2) is 0 Å². The van der Waals surface area contributed by atoms with Crippen LogP contribution in [0, 0.1) is 5.41 Å². The van der Waals surface area contributed by atoms with Gasteiger partial charge in [0.15, 0.2) is 0 Å². The van der Waals surface area contributed by atoms with E-state index in [4.69, 9.17) is 10.5 Å². The topological polar surface area (TPSA) is 84.7 Å². The zero-order chi connectivity index (χ0) is 17.8. The molecule has 2 unspecified atom stereocenters. The van der Waals surface area contributed by atoms with Crippen molar-refractivity contribution in [2.45, 2.75) is 70.9 Å². The molecular formula is C18H33N3O3. The molecule has 0 aromatic carbocycles. The lowest BCUT2D eigenvalue weighted by Gasteiger charge is -2.57. The monoisotopic (exact) mass is 339 g/mol. The summed E-state index contributed by atoms with van der Waals surface area (Å²) in [6.07, 6.45) is 5.23. The van der Waals surface area contributed by atoms with Crippen molar-refractivity contribution in [3.8, 4) is 0 Å². The molecule has 2 rings (SSSR count). The van der Waals surface area contributed by atoms with Gasteiger partial charge in [-0.3, -0.25) is 9.59 Å². The van der Waals surface area contributed by atoms with E-state index in [1.807, 2.05) is 25.7 Å². The number of carbonyl (C=O) groups excluding carboxylic acids is 2. The van der Waals surface area contributed by atoms with Crippen LogP contribution in [-0.2, 0) is 14.3 Å². The Labute approximate surface area is 145 Å². The number of carbonyl (C=O) groups is 2. The van der Waals surface area contributed by atoms with E-state index < -0.39 is 5.54 Å². The van der Waals surface area contributed by atoms with Gasteiger partial charge < -0.3 is 20.7 Å². The van der Waals surface area contributed by atoms with Crippen molar-refractivity contribution in [2.75, 3.05) is 26.2 Å². The van der Waals surface area contributed by atoms with Crippen molar-refractivity contribution < 1.29 is 14.3 Å². The molecule has 0 spiro atoms. The molecule has 1 aliphatic heterocycles. The number of hydrogen-bond acceptors (Lipinski definition) is 4. The Bertz CT molecular complexity index is 466. The molecule has 6 nitrogen and oxygen atoms in total. The number of nitrogens with two attached hydrogens (primary N) is 1. The number of rotatable bonds is 7. The van der Waals surface area contributed by atoms with Gasteiger partial charge in [-0.15, -0.1) is 0 Å². The summed E-state index contributed by atoms with van der Waals surface area (Å²) in [6.45, 7) is 8.68. The van der Waals surface area contributed by atoms with Crippen LogP contribution in [0.5, 0.6) is 0 Å². The van der Waals surface area contributed by atoms with Gasteiger partial charge in [-0.05, 0) is 26.2 Å². The average molecular weight is 339 g/mol. The molecule has 2 fully saturated rings. The first-order valence-electron chi connectivity index (χ1n) is 9.29. The average Bonchev–Trinajstić information content (AvgIpc) is 2.75. The van der Waals surface area contributed by atoms with Gasteiger partial charge in [0.2, 0.25) is 11.8 Å². The van der Waals surface area contributed by atoms with Crippen LogP contribution in [0.3, 0.4) is 0 Å². The Morgan fingerprint density at radius 2 is 2.12 bits per heavy atom. The summed E-state index contributed by atoms with van der Waals surface area (Å²) in [6, 6.07) is 0. The van der Waals surface area contributed by atoms with E-state index in [0.717, 1.165) is 32.2 Å². The first-order valence-corrected chi connectivity index (χ1v) is 9.29. The second kappa shape index (κ2) is 7.83. The molecule has 0 aromatic rings. The summed E-state index contributed by atoms with van der Waals surface area (Å²) in [5, 5.41) is 2.96. The molecule has 2 aliphatic rings. The van der Waals surface area contributed by atoms with E-state index in [9.17, 15) is 9.59 Å². The maximum atomic E-state index is 12.5. The fraction of sp³-hybridized carbons (Fsp3) is 0.889. The molecule has 0 aromatic heterocycles. The molecule has 3 N–H and O–H groups in total. The van der Waals surface area contributed by atoms with Gasteiger partial charge in [-0.2, -0.15) is 0 Å². The van der Waals surface area contributed by atoms with Crippen LogP contribution < -0.4 is 11.1 Å². The molecular weight excluding hydrogens is 306 g/mol. The molecule has 1 saturated carbocycles. The highest BCUT2D eigenvalue weighted by Crippen LogP contribution is 2.49. The maximum absolute atomic E-state index is 12.5. The van der Waals surface area contributed by atoms with E-state index in [0.29, 0.717) is 32.5 Å². The lowest BCUT2D eigenvalue weighted by atomic mass is 9.54. The third-order valence-electron chi connectivity index (χ3n) is 5.80. The predicted molar refractivity (Wildman–Crippen MR) is 93.4 cm³/mol. The summed E-state index contributed by atoms with van der Waals surface area (Å²) >= 11 is 0. The molecule has 6 heteroatoms. The third kappa shape index (κ3) is 3.75. The first kappa shape index (κ1) is 19.2. The van der Waals surface area contributed by atoms with Gasteiger partial charge in [-0.25, -0.2) is 0 Å². The van der Waals surface area contributed by atoms with Crippen LogP contribution in [0.2, 0.25) is 0 Å². The van der Waals surface area contributed by atoms with Crippen LogP contribution in [0.1, 0.15) is 59.3 Å². The Morgan fingerprint density at radius 3 is 2.79 bits per heavy atom.